The Bertz CT molecular complexity index is 473. The van der Waals surface area contributed by atoms with Gasteiger partial charge in [0, 0.05) is 14.1 Å². The number of nitrogens with zero attached hydrogens (tertiary/aromatic N) is 3. The van der Waals surface area contributed by atoms with Crippen LogP contribution in [-0.4, -0.2) is 27.1 Å². The Morgan fingerprint density at radius 3 is 2.31 bits per heavy atom. The van der Waals surface area contributed by atoms with Crippen LogP contribution in [0.2, 0.25) is 0 Å². The fraction of sp³-hybridized carbons (Fsp3) is 0.250. The third-order valence-corrected chi connectivity index (χ3v) is 1.89. The van der Waals surface area contributed by atoms with Gasteiger partial charge in [-0.15, -0.1) is 5.11 Å². The van der Waals surface area contributed by atoms with Gasteiger partial charge >= 0.3 is 29.6 Å². The van der Waals surface area contributed by atoms with Crippen LogP contribution in [-0.2, 0) is 10.3 Å². The van der Waals surface area contributed by atoms with Gasteiger partial charge in [-0.3, -0.25) is 0 Å². The summed E-state index contributed by atoms with van der Waals surface area (Å²) < 4.78 is 33.5. The monoisotopic (exact) mass is 251 g/mol. The zero-order valence-corrected chi connectivity index (χ0v) is 12.1. The molecule has 0 aliphatic heterocycles. The Morgan fingerprint density at radius 1 is 1.25 bits per heavy atom. The van der Waals surface area contributed by atoms with Crippen molar-refractivity contribution >= 4 is 21.7 Å². The second-order valence-electron chi connectivity index (χ2n) is 2.99. The Morgan fingerprint density at radius 2 is 1.81 bits per heavy atom. The van der Waals surface area contributed by atoms with Gasteiger partial charge in [-0.2, -0.15) is 0 Å². The van der Waals surface area contributed by atoms with E-state index < -0.39 is 10.3 Å². The molecule has 0 atom stereocenters. The average molecular weight is 251 g/mol. The Hall–Kier alpha value is -0.470. The maximum atomic E-state index is 10.3. The van der Waals surface area contributed by atoms with Crippen molar-refractivity contribution in [2.75, 3.05) is 19.0 Å². The molecule has 0 unspecified atom stereocenters. The van der Waals surface area contributed by atoms with Crippen LogP contribution < -0.4 is 34.5 Å². The predicted octanol–water partition coefficient (Wildman–Crippen LogP) is -1.70. The Kier molecular flexibility index (Phi) is 6.13. The molecule has 16 heavy (non-hydrogen) atoms. The van der Waals surface area contributed by atoms with Crippen molar-refractivity contribution in [3.63, 3.8) is 0 Å². The van der Waals surface area contributed by atoms with Gasteiger partial charge in [0.2, 0.25) is 10.3 Å². The fourth-order valence-electron chi connectivity index (χ4n) is 1.02. The first-order chi connectivity index (χ1) is 6.90. The van der Waals surface area contributed by atoms with Crippen LogP contribution in [0.4, 0.5) is 11.4 Å². The molecule has 0 aliphatic rings. The van der Waals surface area contributed by atoms with E-state index in [1.807, 2.05) is 0 Å². The summed E-state index contributed by atoms with van der Waals surface area (Å²) in [7, 11) is -1.12. The quantitative estimate of drug-likeness (QED) is 0.364. The van der Waals surface area contributed by atoms with Crippen molar-refractivity contribution in [1.82, 2.24) is 0 Å². The standard InChI is InChI=1S/C8H11N3O3S.Na/c1-11(2)8-6-4-3-5-7(8)9-10-15(12,13)14;/h3-6H,1-2H3,(H,12,13,14);/q;+1/p-1. The summed E-state index contributed by atoms with van der Waals surface area (Å²) in [6, 6.07) is 6.77. The topological polar surface area (TPSA) is 85.2 Å². The molecule has 8 heteroatoms. The molecule has 82 valence electrons. The predicted molar refractivity (Wildman–Crippen MR) is 55.0 cm³/mol. The molecule has 0 saturated heterocycles. The molecular formula is C8H10N3NaO3S. The maximum Gasteiger partial charge on any atom is 1.00 e. The minimum atomic E-state index is -4.67. The molecule has 0 aromatic heterocycles. The number of hydrogen-bond acceptors (Lipinski definition) is 5. The summed E-state index contributed by atoms with van der Waals surface area (Å²) in [6.07, 6.45) is 0. The van der Waals surface area contributed by atoms with E-state index in [-0.39, 0.29) is 29.6 Å². The normalized spacial score (nSPS) is 11.2. The number of benzene rings is 1. The average Bonchev–Trinajstić information content (AvgIpc) is 2.14. The minimum absolute atomic E-state index is 0. The van der Waals surface area contributed by atoms with Crippen LogP contribution in [0.3, 0.4) is 0 Å². The zero-order chi connectivity index (χ0) is 11.5. The molecule has 1 aromatic carbocycles. The van der Waals surface area contributed by atoms with Crippen LogP contribution in [0.5, 0.6) is 0 Å². The van der Waals surface area contributed by atoms with E-state index >= 15 is 0 Å². The number of rotatable bonds is 3. The first-order valence-corrected chi connectivity index (χ1v) is 5.42. The first kappa shape index (κ1) is 15.5. The molecule has 0 spiro atoms. The zero-order valence-electron chi connectivity index (χ0n) is 9.28. The molecule has 0 fully saturated rings. The summed E-state index contributed by atoms with van der Waals surface area (Å²) in [6.45, 7) is 0. The van der Waals surface area contributed by atoms with Crippen molar-refractivity contribution in [3.8, 4) is 0 Å². The first-order valence-electron chi connectivity index (χ1n) is 4.05. The summed E-state index contributed by atoms with van der Waals surface area (Å²) in [5.74, 6) is 0. The fourth-order valence-corrected chi connectivity index (χ4v) is 1.21. The van der Waals surface area contributed by atoms with Gasteiger partial charge in [0.25, 0.3) is 0 Å². The van der Waals surface area contributed by atoms with Crippen molar-refractivity contribution in [2.45, 2.75) is 0 Å². The van der Waals surface area contributed by atoms with Gasteiger partial charge in [-0.25, -0.2) is 8.42 Å². The van der Waals surface area contributed by atoms with Crippen LogP contribution in [0, 0.1) is 0 Å². The van der Waals surface area contributed by atoms with Gasteiger partial charge in [0.1, 0.15) is 5.69 Å². The smallest absolute Gasteiger partial charge is 0.728 e. The molecule has 0 amide bonds. The molecule has 0 aliphatic carbocycles. The van der Waals surface area contributed by atoms with Crippen molar-refractivity contribution in [3.05, 3.63) is 24.3 Å². The van der Waals surface area contributed by atoms with Crippen LogP contribution in [0.25, 0.3) is 0 Å². The largest absolute Gasteiger partial charge is 1.00 e. The van der Waals surface area contributed by atoms with Gasteiger partial charge in [-0.05, 0) is 12.1 Å². The Balaban J connectivity index is 0.00000225. The van der Waals surface area contributed by atoms with Crippen LogP contribution in [0.1, 0.15) is 0 Å². The summed E-state index contributed by atoms with van der Waals surface area (Å²) in [4.78, 5) is 1.74. The summed E-state index contributed by atoms with van der Waals surface area (Å²) in [5, 5.41) is 3.38. The van der Waals surface area contributed by atoms with E-state index in [1.54, 1.807) is 43.3 Å². The molecule has 0 bridgehead atoms. The van der Waals surface area contributed by atoms with Crippen molar-refractivity contribution < 1.29 is 42.5 Å². The molecule has 0 saturated carbocycles. The molecule has 1 aromatic rings. The SMILES string of the molecule is CN(C)c1ccccc1N=NS(=O)(=O)[O-].[Na+]. The van der Waals surface area contributed by atoms with Gasteiger partial charge in [-0.1, -0.05) is 16.7 Å². The van der Waals surface area contributed by atoms with E-state index in [4.69, 9.17) is 0 Å². The van der Waals surface area contributed by atoms with Gasteiger partial charge in [0.05, 0.1) is 5.69 Å². The number of hydrogen-bond donors (Lipinski definition) is 0. The molecule has 0 heterocycles. The molecule has 6 nitrogen and oxygen atoms in total. The van der Waals surface area contributed by atoms with Crippen LogP contribution in [0.15, 0.2) is 33.9 Å². The van der Waals surface area contributed by atoms with E-state index in [0.717, 1.165) is 0 Å². The van der Waals surface area contributed by atoms with Gasteiger partial charge < -0.3 is 9.45 Å². The van der Waals surface area contributed by atoms with E-state index in [1.165, 1.54) is 0 Å². The van der Waals surface area contributed by atoms with Gasteiger partial charge in [0.15, 0.2) is 0 Å². The third-order valence-electron chi connectivity index (χ3n) is 1.61. The number of anilines is 1. The van der Waals surface area contributed by atoms with E-state index in [2.05, 4.69) is 9.63 Å². The number of para-hydroxylation sites is 1. The Labute approximate surface area is 117 Å². The van der Waals surface area contributed by atoms with E-state index in [9.17, 15) is 13.0 Å². The maximum absolute atomic E-state index is 10.3. The van der Waals surface area contributed by atoms with Crippen molar-refractivity contribution in [1.29, 1.82) is 0 Å². The molecule has 0 N–H and O–H groups in total. The third kappa shape index (κ3) is 5.04. The molecule has 1 rings (SSSR count). The van der Waals surface area contributed by atoms with Crippen LogP contribution >= 0.6 is 0 Å². The minimum Gasteiger partial charge on any atom is -0.728 e. The van der Waals surface area contributed by atoms with Crippen molar-refractivity contribution in [2.24, 2.45) is 9.63 Å². The summed E-state index contributed by atoms with van der Waals surface area (Å²) >= 11 is 0. The summed E-state index contributed by atoms with van der Waals surface area (Å²) in [5.41, 5.74) is 1.02. The molecular weight excluding hydrogens is 241 g/mol. The molecule has 0 radical (unpaired) electrons. The van der Waals surface area contributed by atoms with E-state index in [0.29, 0.717) is 11.4 Å². The second kappa shape index (κ2) is 6.31. The second-order valence-corrected chi connectivity index (χ2v) is 4.01.